The topological polar surface area (TPSA) is 29.6 Å². The number of benzene rings is 6. The molecule has 1 aliphatic heterocycles. The average molecular weight is 622 g/mol. The van der Waals surface area contributed by atoms with E-state index in [0.29, 0.717) is 0 Å². The van der Waals surface area contributed by atoms with Gasteiger partial charge in [-0.3, -0.25) is 4.57 Å². The smallest absolute Gasteiger partial charge is 0.230 e. The van der Waals surface area contributed by atoms with Crippen molar-refractivity contribution in [3.63, 3.8) is 0 Å². The highest BCUT2D eigenvalue weighted by molar-refractivity contribution is 7.26. The van der Waals surface area contributed by atoms with Gasteiger partial charge in [-0.25, -0.2) is 9.98 Å². The fourth-order valence-electron chi connectivity index (χ4n) is 8.15. The Morgan fingerprint density at radius 2 is 1.40 bits per heavy atom. The summed E-state index contributed by atoms with van der Waals surface area (Å²) in [6, 6.07) is 48.4. The van der Waals surface area contributed by atoms with Crippen molar-refractivity contribution in [2.24, 2.45) is 9.98 Å². The lowest BCUT2D eigenvalue weighted by molar-refractivity contribution is 0.661. The lowest BCUT2D eigenvalue weighted by Crippen LogP contribution is -2.21. The van der Waals surface area contributed by atoms with Gasteiger partial charge in [0.25, 0.3) is 0 Å². The molecule has 1 atom stereocenters. The molecule has 0 N–H and O–H groups in total. The molecular weight excluding hydrogens is 591 g/mol. The Bertz CT molecular complexity index is 2620. The van der Waals surface area contributed by atoms with Crippen LogP contribution in [0.1, 0.15) is 48.6 Å². The van der Waals surface area contributed by atoms with Crippen molar-refractivity contribution in [1.82, 2.24) is 4.57 Å². The molecule has 1 unspecified atom stereocenters. The molecule has 8 aromatic rings. The molecule has 3 heterocycles. The fraction of sp³-hybridized carbons (Fsp3) is 0.116. The summed E-state index contributed by atoms with van der Waals surface area (Å²) in [5.74, 6) is 0.747. The highest BCUT2D eigenvalue weighted by atomic mass is 32.1. The van der Waals surface area contributed by atoms with E-state index < -0.39 is 0 Å². The number of aliphatic imine (C=N–C) groups is 2. The zero-order valence-corrected chi connectivity index (χ0v) is 27.1. The van der Waals surface area contributed by atoms with E-state index in [1.807, 2.05) is 11.3 Å². The summed E-state index contributed by atoms with van der Waals surface area (Å²) in [4.78, 5) is 10.9. The van der Waals surface area contributed by atoms with E-state index in [0.717, 1.165) is 29.2 Å². The Labute approximate surface area is 277 Å². The van der Waals surface area contributed by atoms with Crippen molar-refractivity contribution in [3.05, 3.63) is 156 Å². The van der Waals surface area contributed by atoms with Gasteiger partial charge in [0.05, 0.1) is 22.8 Å². The molecule has 0 saturated carbocycles. The third-order valence-electron chi connectivity index (χ3n) is 10.4. The average Bonchev–Trinajstić information content (AvgIpc) is 3.74. The maximum absolute atomic E-state index is 5.50. The summed E-state index contributed by atoms with van der Waals surface area (Å²) in [5, 5.41) is 5.09. The highest BCUT2D eigenvalue weighted by Gasteiger charge is 2.38. The number of rotatable bonds is 2. The van der Waals surface area contributed by atoms with Gasteiger partial charge in [0.2, 0.25) is 5.96 Å². The van der Waals surface area contributed by atoms with Crippen LogP contribution < -0.4 is 0 Å². The zero-order valence-electron chi connectivity index (χ0n) is 26.2. The lowest BCUT2D eigenvalue weighted by Gasteiger charge is -2.23. The van der Waals surface area contributed by atoms with Crippen LogP contribution >= 0.6 is 11.3 Å². The zero-order chi connectivity index (χ0) is 31.3. The second kappa shape index (κ2) is 9.84. The van der Waals surface area contributed by atoms with E-state index in [1.165, 1.54) is 64.3 Å². The first-order chi connectivity index (χ1) is 23.1. The van der Waals surface area contributed by atoms with Crippen molar-refractivity contribution >= 4 is 65.0 Å². The van der Waals surface area contributed by atoms with Crippen LogP contribution in [0.5, 0.6) is 0 Å². The molecule has 0 fully saturated rings. The predicted molar refractivity (Wildman–Crippen MR) is 200 cm³/mol. The van der Waals surface area contributed by atoms with Crippen molar-refractivity contribution in [2.45, 2.75) is 31.7 Å². The summed E-state index contributed by atoms with van der Waals surface area (Å²) in [5.41, 5.74) is 11.1. The predicted octanol–water partition coefficient (Wildman–Crippen LogP) is 11.3. The number of hydrogen-bond donors (Lipinski definition) is 0. The Hall–Kier alpha value is -5.32. The first-order valence-corrected chi connectivity index (χ1v) is 17.2. The summed E-state index contributed by atoms with van der Waals surface area (Å²) >= 11 is 1.86. The molecule has 224 valence electrons. The Balaban J connectivity index is 1.38. The molecule has 2 aliphatic rings. The van der Waals surface area contributed by atoms with Gasteiger partial charge in [-0.15, -0.1) is 11.3 Å². The van der Waals surface area contributed by atoms with Gasteiger partial charge >= 0.3 is 0 Å². The number of hydrogen-bond acceptors (Lipinski definition) is 3. The quantitative estimate of drug-likeness (QED) is 0.184. The van der Waals surface area contributed by atoms with Gasteiger partial charge in [0, 0.05) is 42.8 Å². The lowest BCUT2D eigenvalue weighted by atomic mass is 9.82. The van der Waals surface area contributed by atoms with Crippen LogP contribution in [0.25, 0.3) is 53.1 Å². The van der Waals surface area contributed by atoms with Gasteiger partial charge in [0.15, 0.2) is 0 Å². The largest absolute Gasteiger partial charge is 0.277 e. The van der Waals surface area contributed by atoms with Gasteiger partial charge in [-0.1, -0.05) is 129 Å². The second-order valence-electron chi connectivity index (χ2n) is 13.3. The van der Waals surface area contributed by atoms with Crippen molar-refractivity contribution in [2.75, 3.05) is 0 Å². The van der Waals surface area contributed by atoms with E-state index in [-0.39, 0.29) is 11.5 Å². The monoisotopic (exact) mass is 621 g/mol. The molecule has 0 radical (unpaired) electrons. The first-order valence-electron chi connectivity index (χ1n) is 16.4. The highest BCUT2D eigenvalue weighted by Crippen LogP contribution is 2.54. The van der Waals surface area contributed by atoms with Crippen molar-refractivity contribution in [3.8, 4) is 11.1 Å². The molecule has 4 heteroatoms. The standard InChI is InChI=1S/C43H31N3S/c1-43(2)31-19-11-9-17-28(31)38-32(43)22-23-35-39(38)30-21-24-37-40(29-18-10-12-20-36(29)47-37)41(30)46(35)42-44-33(26-13-5-3-6-14-26)25-34(45-42)27-15-7-4-8-16-27/h3-24,33H,25H2,1-2H3. The minimum Gasteiger partial charge on any atom is -0.277 e. The van der Waals surface area contributed by atoms with Gasteiger partial charge in [0.1, 0.15) is 0 Å². The molecule has 10 rings (SSSR count). The molecule has 0 amide bonds. The molecule has 2 aromatic heterocycles. The number of fused-ring (bicyclic) bond motifs is 11. The third-order valence-corrected chi connectivity index (χ3v) is 11.5. The second-order valence-corrected chi connectivity index (χ2v) is 14.4. The molecule has 47 heavy (non-hydrogen) atoms. The number of aromatic nitrogens is 1. The van der Waals surface area contributed by atoms with Crippen LogP contribution in [0.3, 0.4) is 0 Å². The van der Waals surface area contributed by atoms with Crippen LogP contribution in [0.15, 0.2) is 143 Å². The Morgan fingerprint density at radius 3 is 2.26 bits per heavy atom. The van der Waals surface area contributed by atoms with E-state index in [1.54, 1.807) is 0 Å². The summed E-state index contributed by atoms with van der Waals surface area (Å²) in [7, 11) is 0. The SMILES string of the molecule is CC1(C)c2ccccc2-c2c1ccc1c2c2ccc3sc4ccccc4c3c2n1C1=NC(c2ccccc2)CC(c2ccccc2)=N1. The van der Waals surface area contributed by atoms with E-state index in [4.69, 9.17) is 9.98 Å². The minimum absolute atomic E-state index is 0.0427. The van der Waals surface area contributed by atoms with E-state index in [2.05, 4.69) is 152 Å². The van der Waals surface area contributed by atoms with Crippen molar-refractivity contribution < 1.29 is 0 Å². The van der Waals surface area contributed by atoms with Crippen LogP contribution in [-0.4, -0.2) is 16.2 Å². The summed E-state index contributed by atoms with van der Waals surface area (Å²) in [6.45, 7) is 4.72. The van der Waals surface area contributed by atoms with Gasteiger partial charge in [-0.2, -0.15) is 0 Å². The molecule has 0 saturated heterocycles. The van der Waals surface area contributed by atoms with Gasteiger partial charge < -0.3 is 0 Å². The van der Waals surface area contributed by atoms with Crippen LogP contribution in [0.2, 0.25) is 0 Å². The maximum atomic E-state index is 5.50. The van der Waals surface area contributed by atoms with Crippen molar-refractivity contribution in [1.29, 1.82) is 0 Å². The fourth-order valence-corrected chi connectivity index (χ4v) is 9.26. The minimum atomic E-state index is -0.0902. The maximum Gasteiger partial charge on any atom is 0.230 e. The van der Waals surface area contributed by atoms with Crippen LogP contribution in [0, 0.1) is 0 Å². The molecule has 3 nitrogen and oxygen atoms in total. The van der Waals surface area contributed by atoms with Crippen LogP contribution in [-0.2, 0) is 5.41 Å². The summed E-state index contributed by atoms with van der Waals surface area (Å²) in [6.07, 6.45) is 0.752. The van der Waals surface area contributed by atoms with E-state index in [9.17, 15) is 0 Å². The van der Waals surface area contributed by atoms with E-state index >= 15 is 0 Å². The first kappa shape index (κ1) is 26.9. The number of nitrogens with zero attached hydrogens (tertiary/aromatic N) is 3. The normalized spacial score (nSPS) is 16.9. The Morgan fingerprint density at radius 1 is 0.660 bits per heavy atom. The molecule has 0 bridgehead atoms. The Kier molecular flexibility index (Phi) is 5.62. The third kappa shape index (κ3) is 3.79. The molecule has 0 spiro atoms. The summed E-state index contributed by atoms with van der Waals surface area (Å²) < 4.78 is 4.96. The molecule has 1 aliphatic carbocycles. The van der Waals surface area contributed by atoms with Crippen LogP contribution in [0.4, 0.5) is 0 Å². The van der Waals surface area contributed by atoms with Gasteiger partial charge in [-0.05, 0) is 51.6 Å². The molecular formula is C43H31N3S. The number of thiophene rings is 1. The molecule has 6 aromatic carbocycles.